The summed E-state index contributed by atoms with van der Waals surface area (Å²) in [6.45, 7) is 3.37. The quantitative estimate of drug-likeness (QED) is 0.750. The van der Waals surface area contributed by atoms with Crippen molar-refractivity contribution >= 4 is 27.0 Å². The van der Waals surface area contributed by atoms with Gasteiger partial charge in [-0.1, -0.05) is 5.16 Å². The van der Waals surface area contributed by atoms with Gasteiger partial charge in [0.2, 0.25) is 0 Å². The van der Waals surface area contributed by atoms with Gasteiger partial charge in [-0.05, 0) is 32.0 Å². The Morgan fingerprint density at radius 2 is 1.92 bits per heavy atom. The van der Waals surface area contributed by atoms with Gasteiger partial charge in [-0.2, -0.15) is 0 Å². The minimum absolute atomic E-state index is 0.0276. The number of thiophene rings is 1. The van der Waals surface area contributed by atoms with E-state index in [0.717, 1.165) is 18.2 Å². The third-order valence-corrected chi connectivity index (χ3v) is 5.89. The van der Waals surface area contributed by atoms with E-state index in [9.17, 15) is 17.2 Å². The molecule has 1 aromatic carbocycles. The number of nitrogens with one attached hydrogen (secondary N) is 1. The van der Waals surface area contributed by atoms with Crippen molar-refractivity contribution in [2.24, 2.45) is 0 Å². The maximum Gasteiger partial charge on any atom is 0.263 e. The zero-order valence-corrected chi connectivity index (χ0v) is 14.3. The SMILES string of the molecule is Cc1cc(-c2cc(S(=O)(=O)Nc3cc(F)ccc3F)c(C)s2)on1. The third-order valence-electron chi connectivity index (χ3n) is 3.21. The number of nitrogens with zero attached hydrogens (tertiary/aromatic N) is 1. The van der Waals surface area contributed by atoms with Crippen LogP contribution in [-0.2, 0) is 10.0 Å². The van der Waals surface area contributed by atoms with E-state index in [4.69, 9.17) is 4.52 Å². The molecule has 0 fully saturated rings. The number of aromatic nitrogens is 1. The topological polar surface area (TPSA) is 72.2 Å². The van der Waals surface area contributed by atoms with Crippen LogP contribution in [0.15, 0.2) is 39.8 Å². The molecule has 126 valence electrons. The van der Waals surface area contributed by atoms with Gasteiger partial charge in [0, 0.05) is 17.0 Å². The molecule has 0 bridgehead atoms. The summed E-state index contributed by atoms with van der Waals surface area (Å²) < 4.78 is 59.1. The van der Waals surface area contributed by atoms with Gasteiger partial charge in [0.15, 0.2) is 5.76 Å². The number of halogens is 2. The summed E-state index contributed by atoms with van der Waals surface area (Å²) in [6, 6.07) is 5.65. The number of anilines is 1. The largest absolute Gasteiger partial charge is 0.355 e. The highest BCUT2D eigenvalue weighted by Gasteiger charge is 2.23. The molecule has 0 atom stereocenters. The second-order valence-corrected chi connectivity index (χ2v) is 8.00. The molecule has 5 nitrogen and oxygen atoms in total. The molecule has 0 aliphatic carbocycles. The van der Waals surface area contributed by atoms with Crippen LogP contribution in [0.1, 0.15) is 10.6 Å². The first kappa shape index (κ1) is 16.6. The van der Waals surface area contributed by atoms with Crippen LogP contribution in [0.3, 0.4) is 0 Å². The lowest BCUT2D eigenvalue weighted by molar-refractivity contribution is 0.428. The molecule has 0 aliphatic rings. The lowest BCUT2D eigenvalue weighted by Gasteiger charge is -2.08. The molecule has 0 radical (unpaired) electrons. The van der Waals surface area contributed by atoms with Crippen molar-refractivity contribution in [3.8, 4) is 10.6 Å². The first-order valence-electron chi connectivity index (χ1n) is 6.78. The molecule has 1 N–H and O–H groups in total. The van der Waals surface area contributed by atoms with Crippen molar-refractivity contribution in [3.05, 3.63) is 52.5 Å². The van der Waals surface area contributed by atoms with Gasteiger partial charge in [0.05, 0.1) is 16.3 Å². The summed E-state index contributed by atoms with van der Waals surface area (Å²) in [5, 5.41) is 3.76. The first-order valence-corrected chi connectivity index (χ1v) is 9.08. The van der Waals surface area contributed by atoms with E-state index in [2.05, 4.69) is 9.88 Å². The number of hydrogen-bond acceptors (Lipinski definition) is 5. The Morgan fingerprint density at radius 3 is 2.58 bits per heavy atom. The average molecular weight is 370 g/mol. The van der Waals surface area contributed by atoms with Crippen LogP contribution in [0.2, 0.25) is 0 Å². The molecule has 0 saturated carbocycles. The molecule has 0 unspecified atom stereocenters. The lowest BCUT2D eigenvalue weighted by Crippen LogP contribution is -2.14. The Hall–Kier alpha value is -2.26. The van der Waals surface area contributed by atoms with Crippen molar-refractivity contribution in [3.63, 3.8) is 0 Å². The fourth-order valence-electron chi connectivity index (χ4n) is 2.11. The normalized spacial score (nSPS) is 11.7. The summed E-state index contributed by atoms with van der Waals surface area (Å²) in [5.74, 6) is -1.16. The molecule has 0 saturated heterocycles. The second kappa shape index (κ2) is 5.99. The van der Waals surface area contributed by atoms with Crippen molar-refractivity contribution in [1.82, 2.24) is 5.16 Å². The van der Waals surface area contributed by atoms with Gasteiger partial charge in [-0.25, -0.2) is 17.2 Å². The van der Waals surface area contributed by atoms with Crippen LogP contribution in [0.4, 0.5) is 14.5 Å². The Kier molecular flexibility index (Phi) is 4.14. The average Bonchev–Trinajstić information content (AvgIpc) is 3.09. The standard InChI is InChI=1S/C15H12F2N2O3S2/c1-8-5-13(22-18-8)14-7-15(9(2)23-14)24(20,21)19-12-6-10(16)3-4-11(12)17/h3-7,19H,1-2H3. The smallest absolute Gasteiger partial charge is 0.263 e. The van der Waals surface area contributed by atoms with Crippen molar-refractivity contribution in [1.29, 1.82) is 0 Å². The number of aryl methyl sites for hydroxylation is 2. The fraction of sp³-hybridized carbons (Fsp3) is 0.133. The maximum absolute atomic E-state index is 13.7. The summed E-state index contributed by atoms with van der Waals surface area (Å²) in [5.41, 5.74) is 0.220. The van der Waals surface area contributed by atoms with Crippen LogP contribution < -0.4 is 4.72 Å². The Balaban J connectivity index is 1.98. The monoisotopic (exact) mass is 370 g/mol. The zero-order chi connectivity index (χ0) is 17.5. The lowest BCUT2D eigenvalue weighted by atomic mass is 10.3. The predicted molar refractivity (Wildman–Crippen MR) is 86.5 cm³/mol. The zero-order valence-electron chi connectivity index (χ0n) is 12.6. The number of benzene rings is 1. The highest BCUT2D eigenvalue weighted by atomic mass is 32.2. The molecule has 2 aromatic heterocycles. The molecular formula is C15H12F2N2O3S2. The summed E-state index contributed by atoms with van der Waals surface area (Å²) in [6.07, 6.45) is 0. The number of hydrogen-bond donors (Lipinski definition) is 1. The van der Waals surface area contributed by atoms with Crippen molar-refractivity contribution < 1.29 is 21.7 Å². The Bertz CT molecular complexity index is 1010. The second-order valence-electron chi connectivity index (χ2n) is 5.09. The molecule has 0 amide bonds. The molecule has 9 heteroatoms. The van der Waals surface area contributed by atoms with Gasteiger partial charge < -0.3 is 4.52 Å². The molecule has 0 aliphatic heterocycles. The minimum Gasteiger partial charge on any atom is -0.355 e. The molecule has 2 heterocycles. The van der Waals surface area contributed by atoms with Gasteiger partial charge in [-0.3, -0.25) is 4.72 Å². The summed E-state index contributed by atoms with van der Waals surface area (Å²) in [7, 11) is -4.07. The Morgan fingerprint density at radius 1 is 1.17 bits per heavy atom. The highest BCUT2D eigenvalue weighted by Crippen LogP contribution is 2.34. The van der Waals surface area contributed by atoms with Gasteiger partial charge >= 0.3 is 0 Å². The summed E-state index contributed by atoms with van der Waals surface area (Å²) >= 11 is 1.20. The van der Waals surface area contributed by atoms with E-state index in [1.807, 2.05) is 0 Å². The van der Waals surface area contributed by atoms with E-state index in [1.54, 1.807) is 19.9 Å². The van der Waals surface area contributed by atoms with Gasteiger partial charge in [0.25, 0.3) is 10.0 Å². The molecule has 3 rings (SSSR count). The van der Waals surface area contributed by atoms with Gasteiger partial charge in [-0.15, -0.1) is 11.3 Å². The number of sulfonamides is 1. The first-order chi connectivity index (χ1) is 11.3. The van der Waals surface area contributed by atoms with Crippen LogP contribution in [0, 0.1) is 25.5 Å². The Labute approximate surface area is 141 Å². The van der Waals surface area contributed by atoms with Crippen molar-refractivity contribution in [2.45, 2.75) is 18.7 Å². The van der Waals surface area contributed by atoms with E-state index in [1.165, 1.54) is 17.4 Å². The van der Waals surface area contributed by atoms with Crippen LogP contribution in [0.25, 0.3) is 10.6 Å². The molecule has 0 spiro atoms. The van der Waals surface area contributed by atoms with E-state index in [-0.39, 0.29) is 4.90 Å². The highest BCUT2D eigenvalue weighted by molar-refractivity contribution is 7.93. The van der Waals surface area contributed by atoms with E-state index >= 15 is 0 Å². The van der Waals surface area contributed by atoms with Gasteiger partial charge in [0.1, 0.15) is 16.5 Å². The van der Waals surface area contributed by atoms with Crippen molar-refractivity contribution in [2.75, 3.05) is 4.72 Å². The van der Waals surface area contributed by atoms with E-state index in [0.29, 0.717) is 21.2 Å². The molecular weight excluding hydrogens is 358 g/mol. The fourth-order valence-corrected chi connectivity index (χ4v) is 4.71. The van der Waals surface area contributed by atoms with Crippen LogP contribution in [-0.4, -0.2) is 13.6 Å². The maximum atomic E-state index is 13.7. The third kappa shape index (κ3) is 3.17. The summed E-state index contributed by atoms with van der Waals surface area (Å²) in [4.78, 5) is 1.04. The molecule has 24 heavy (non-hydrogen) atoms. The van der Waals surface area contributed by atoms with Crippen LogP contribution in [0.5, 0.6) is 0 Å². The molecule has 3 aromatic rings. The van der Waals surface area contributed by atoms with E-state index < -0.39 is 27.3 Å². The minimum atomic E-state index is -4.07. The number of rotatable bonds is 4. The van der Waals surface area contributed by atoms with Crippen LogP contribution >= 0.6 is 11.3 Å². The predicted octanol–water partition coefficient (Wildman–Crippen LogP) is 4.10.